The smallest absolute Gasteiger partial charge is 0.276 e. The van der Waals surface area contributed by atoms with E-state index in [4.69, 9.17) is 0 Å². The van der Waals surface area contributed by atoms with Gasteiger partial charge in [-0.1, -0.05) is 11.8 Å². The first-order valence-electron chi connectivity index (χ1n) is 6.52. The zero-order valence-electron chi connectivity index (χ0n) is 11.6. The van der Waals surface area contributed by atoms with Crippen LogP contribution in [-0.2, 0) is 0 Å². The largest absolute Gasteiger partial charge is 0.280 e. The van der Waals surface area contributed by atoms with Crippen LogP contribution < -0.4 is 5.56 Å². The predicted molar refractivity (Wildman–Crippen MR) is 84.6 cm³/mol. The van der Waals surface area contributed by atoms with E-state index in [0.717, 1.165) is 10.6 Å². The molecular weight excluding hydrogens is 324 g/mol. The summed E-state index contributed by atoms with van der Waals surface area (Å²) < 4.78 is 1.70. The minimum atomic E-state index is -0.417. The second-order valence-electron chi connectivity index (χ2n) is 4.77. The summed E-state index contributed by atoms with van der Waals surface area (Å²) in [6, 6.07) is 6.49. The highest BCUT2D eigenvalue weighted by Gasteiger charge is 2.26. The summed E-state index contributed by atoms with van der Waals surface area (Å²) >= 11 is 3.10. The number of nitro benzene ring substituents is 1. The van der Waals surface area contributed by atoms with Gasteiger partial charge in [-0.3, -0.25) is 19.5 Å². The molecule has 9 heteroatoms. The fourth-order valence-electron chi connectivity index (χ4n) is 2.11. The lowest BCUT2D eigenvalue weighted by Crippen LogP contribution is -2.28. The van der Waals surface area contributed by atoms with Crippen molar-refractivity contribution < 1.29 is 4.92 Å². The van der Waals surface area contributed by atoms with Gasteiger partial charge in [-0.05, 0) is 19.1 Å². The Bertz CT molecular complexity index is 776. The molecule has 0 saturated heterocycles. The van der Waals surface area contributed by atoms with Crippen molar-refractivity contribution in [3.05, 3.63) is 50.4 Å². The highest BCUT2D eigenvalue weighted by Crippen LogP contribution is 2.33. The predicted octanol–water partition coefficient (Wildman–Crippen LogP) is 2.29. The molecule has 114 valence electrons. The molecule has 1 aromatic carbocycles. The Morgan fingerprint density at radius 2 is 2.14 bits per heavy atom. The van der Waals surface area contributed by atoms with E-state index in [-0.39, 0.29) is 17.3 Å². The lowest BCUT2D eigenvalue weighted by Gasteiger charge is -2.12. The van der Waals surface area contributed by atoms with Crippen LogP contribution in [-0.4, -0.2) is 31.2 Å². The van der Waals surface area contributed by atoms with E-state index >= 15 is 0 Å². The lowest BCUT2D eigenvalue weighted by molar-refractivity contribution is -0.384. The highest BCUT2D eigenvalue weighted by molar-refractivity contribution is 8.00. The Balaban J connectivity index is 1.73. The SMILES string of the molecule is Cc1nnc2n(c1=O)[C@H](CSc1ccc([N+](=O)[O-])cc1)CS2. The molecule has 2 aromatic rings. The summed E-state index contributed by atoms with van der Waals surface area (Å²) in [6.07, 6.45) is 0. The standard InChI is InChI=1S/C13H12N4O3S2/c1-8-12(18)16-10(7-22-13(16)15-14-8)6-21-11-4-2-9(3-5-11)17(19)20/h2-5,10H,6-7H2,1H3/t10-/m1/s1. The number of hydrogen-bond donors (Lipinski definition) is 0. The Morgan fingerprint density at radius 1 is 1.41 bits per heavy atom. The summed E-state index contributed by atoms with van der Waals surface area (Å²) in [6.45, 7) is 1.66. The van der Waals surface area contributed by atoms with Gasteiger partial charge < -0.3 is 0 Å². The molecule has 0 saturated carbocycles. The van der Waals surface area contributed by atoms with Gasteiger partial charge in [0.05, 0.1) is 11.0 Å². The van der Waals surface area contributed by atoms with E-state index in [1.807, 2.05) is 0 Å². The van der Waals surface area contributed by atoms with Crippen LogP contribution >= 0.6 is 23.5 Å². The van der Waals surface area contributed by atoms with Crippen molar-refractivity contribution in [2.45, 2.75) is 23.0 Å². The highest BCUT2D eigenvalue weighted by atomic mass is 32.2. The Morgan fingerprint density at radius 3 is 2.82 bits per heavy atom. The van der Waals surface area contributed by atoms with Gasteiger partial charge in [0.15, 0.2) is 5.16 Å². The number of nitrogens with zero attached hydrogens (tertiary/aromatic N) is 4. The minimum absolute atomic E-state index is 0.0573. The molecule has 0 spiro atoms. The second-order valence-corrected chi connectivity index (χ2v) is 6.85. The number of benzene rings is 1. The van der Waals surface area contributed by atoms with Crippen molar-refractivity contribution in [2.75, 3.05) is 11.5 Å². The average Bonchev–Trinajstić information content (AvgIpc) is 2.93. The van der Waals surface area contributed by atoms with Gasteiger partial charge >= 0.3 is 0 Å². The molecular formula is C13H12N4O3S2. The minimum Gasteiger partial charge on any atom is -0.280 e. The fourth-order valence-corrected chi connectivity index (χ4v) is 4.32. The molecule has 7 nitrogen and oxygen atoms in total. The van der Waals surface area contributed by atoms with Crippen molar-refractivity contribution in [3.8, 4) is 0 Å². The molecule has 0 unspecified atom stereocenters. The van der Waals surface area contributed by atoms with Crippen LogP contribution in [0.15, 0.2) is 39.1 Å². The van der Waals surface area contributed by atoms with Crippen molar-refractivity contribution in [3.63, 3.8) is 0 Å². The molecule has 0 fully saturated rings. The van der Waals surface area contributed by atoms with Crippen LogP contribution in [0.1, 0.15) is 11.7 Å². The van der Waals surface area contributed by atoms with Gasteiger partial charge in [0.2, 0.25) is 0 Å². The first kappa shape index (κ1) is 15.0. The first-order chi connectivity index (χ1) is 10.6. The van der Waals surface area contributed by atoms with Gasteiger partial charge in [-0.2, -0.15) is 0 Å². The van der Waals surface area contributed by atoms with Gasteiger partial charge in [-0.15, -0.1) is 22.0 Å². The number of hydrogen-bond acceptors (Lipinski definition) is 7. The zero-order valence-corrected chi connectivity index (χ0v) is 13.3. The van der Waals surface area contributed by atoms with Crippen LogP contribution in [0.25, 0.3) is 0 Å². The third-order valence-corrected chi connectivity index (χ3v) is 5.52. The maximum absolute atomic E-state index is 12.2. The van der Waals surface area contributed by atoms with E-state index in [1.165, 1.54) is 23.9 Å². The Kier molecular flexibility index (Phi) is 4.16. The number of rotatable bonds is 4. The Hall–Kier alpha value is -1.87. The molecule has 0 amide bonds. The normalized spacial score (nSPS) is 16.5. The van der Waals surface area contributed by atoms with E-state index in [9.17, 15) is 14.9 Å². The van der Waals surface area contributed by atoms with E-state index in [0.29, 0.717) is 16.6 Å². The third kappa shape index (κ3) is 2.86. The molecule has 1 aliphatic rings. The summed E-state index contributed by atoms with van der Waals surface area (Å²) in [7, 11) is 0. The molecule has 3 rings (SSSR count). The lowest BCUT2D eigenvalue weighted by atomic mass is 10.3. The maximum Gasteiger partial charge on any atom is 0.276 e. The third-order valence-electron chi connectivity index (χ3n) is 3.28. The number of aryl methyl sites for hydroxylation is 1. The van der Waals surface area contributed by atoms with Crippen LogP contribution in [0.5, 0.6) is 0 Å². The topological polar surface area (TPSA) is 90.9 Å². The molecule has 0 aliphatic carbocycles. The van der Waals surface area contributed by atoms with E-state index in [1.54, 1.807) is 35.4 Å². The van der Waals surface area contributed by atoms with Gasteiger partial charge in [0, 0.05) is 28.5 Å². The van der Waals surface area contributed by atoms with Crippen molar-refractivity contribution >= 4 is 29.2 Å². The fraction of sp³-hybridized carbons (Fsp3) is 0.308. The average molecular weight is 336 g/mol. The van der Waals surface area contributed by atoms with Crippen molar-refractivity contribution in [2.24, 2.45) is 0 Å². The molecule has 1 aromatic heterocycles. The molecule has 2 heterocycles. The summed E-state index contributed by atoms with van der Waals surface area (Å²) in [5.74, 6) is 1.50. The van der Waals surface area contributed by atoms with Crippen LogP contribution in [0, 0.1) is 17.0 Å². The number of non-ortho nitro benzene ring substituents is 1. The summed E-state index contributed by atoms with van der Waals surface area (Å²) in [4.78, 5) is 23.3. The summed E-state index contributed by atoms with van der Waals surface area (Å²) in [5, 5.41) is 19.2. The van der Waals surface area contributed by atoms with Gasteiger partial charge in [0.25, 0.3) is 11.2 Å². The first-order valence-corrected chi connectivity index (χ1v) is 8.49. The van der Waals surface area contributed by atoms with Crippen LogP contribution in [0.2, 0.25) is 0 Å². The molecule has 0 radical (unpaired) electrons. The number of aromatic nitrogens is 3. The molecule has 22 heavy (non-hydrogen) atoms. The van der Waals surface area contributed by atoms with Crippen LogP contribution in [0.3, 0.4) is 0 Å². The van der Waals surface area contributed by atoms with Crippen molar-refractivity contribution in [1.29, 1.82) is 0 Å². The second kappa shape index (κ2) is 6.09. The Labute approximate surface area is 134 Å². The number of thioether (sulfide) groups is 2. The number of fused-ring (bicyclic) bond motifs is 1. The zero-order chi connectivity index (χ0) is 15.7. The monoisotopic (exact) mass is 336 g/mol. The quantitative estimate of drug-likeness (QED) is 0.480. The van der Waals surface area contributed by atoms with Crippen LogP contribution in [0.4, 0.5) is 5.69 Å². The number of nitro groups is 1. The molecule has 1 atom stereocenters. The maximum atomic E-state index is 12.2. The van der Waals surface area contributed by atoms with Gasteiger partial charge in [0.1, 0.15) is 5.69 Å². The molecule has 1 aliphatic heterocycles. The van der Waals surface area contributed by atoms with Gasteiger partial charge in [-0.25, -0.2) is 0 Å². The van der Waals surface area contributed by atoms with E-state index < -0.39 is 4.92 Å². The van der Waals surface area contributed by atoms with Crippen molar-refractivity contribution in [1.82, 2.24) is 14.8 Å². The molecule has 0 bridgehead atoms. The van der Waals surface area contributed by atoms with E-state index in [2.05, 4.69) is 10.2 Å². The molecule has 0 N–H and O–H groups in total. The summed E-state index contributed by atoms with van der Waals surface area (Å²) in [5.41, 5.74) is 0.383.